The van der Waals surface area contributed by atoms with Gasteiger partial charge in [0.15, 0.2) is 0 Å². The number of aromatic amines is 2. The average molecular weight is 737 g/mol. The van der Waals surface area contributed by atoms with Crippen LogP contribution in [-0.2, 0) is 12.8 Å². The predicted octanol–water partition coefficient (Wildman–Crippen LogP) is 5.26. The lowest BCUT2D eigenvalue weighted by Crippen LogP contribution is -2.29. The van der Waals surface area contributed by atoms with Crippen molar-refractivity contribution >= 4 is 79.3 Å². The number of nitrogens with one attached hydrogen (secondary N) is 4. The number of H-pyrrole nitrogens is 2. The number of hydrogen-bond acceptors (Lipinski definition) is 8. The molecule has 0 bridgehead atoms. The highest BCUT2D eigenvalue weighted by molar-refractivity contribution is 6.58. The molecular formula is C40H34BClN8O4. The fraction of sp³-hybridized carbons (Fsp3) is 0.150. The molecule has 0 radical (unpaired) electrons. The Labute approximate surface area is 314 Å². The molecule has 0 aliphatic carbocycles. The number of fused-ring (bicyclic) bond motifs is 10. The smallest absolute Gasteiger partial charge is 0.423 e. The fourth-order valence-electron chi connectivity index (χ4n) is 7.00. The molecule has 0 spiro atoms. The van der Waals surface area contributed by atoms with Crippen LogP contribution in [0.1, 0.15) is 44.9 Å². The van der Waals surface area contributed by atoms with Crippen LogP contribution in [0, 0.1) is 0 Å². The van der Waals surface area contributed by atoms with Crippen molar-refractivity contribution in [3.8, 4) is 11.3 Å². The zero-order valence-corrected chi connectivity index (χ0v) is 29.7. The molecule has 2 amide bonds. The highest BCUT2D eigenvalue weighted by Crippen LogP contribution is 2.33. The lowest BCUT2D eigenvalue weighted by molar-refractivity contribution is 0.0949. The number of carbonyl (C=O) groups is 2. The second-order valence-electron chi connectivity index (χ2n) is 13.1. The van der Waals surface area contributed by atoms with Gasteiger partial charge in [0.1, 0.15) is 5.15 Å². The molecule has 54 heavy (non-hydrogen) atoms. The number of aromatic nitrogens is 6. The van der Waals surface area contributed by atoms with E-state index in [0.29, 0.717) is 17.2 Å². The Morgan fingerprint density at radius 2 is 1.48 bits per heavy atom. The van der Waals surface area contributed by atoms with Crippen molar-refractivity contribution in [3.63, 3.8) is 0 Å². The lowest BCUT2D eigenvalue weighted by atomic mass is 9.82. The fourth-order valence-corrected chi connectivity index (χ4v) is 7.17. The van der Waals surface area contributed by atoms with Crippen molar-refractivity contribution in [2.24, 2.45) is 0 Å². The third-order valence-corrected chi connectivity index (χ3v) is 9.82. The van der Waals surface area contributed by atoms with Gasteiger partial charge in [0.2, 0.25) is 0 Å². The molecular weight excluding hydrogens is 703 g/mol. The van der Waals surface area contributed by atoms with E-state index in [1.165, 1.54) is 6.20 Å². The Kier molecular flexibility index (Phi) is 9.74. The van der Waals surface area contributed by atoms with E-state index in [9.17, 15) is 9.59 Å². The van der Waals surface area contributed by atoms with Crippen molar-refractivity contribution in [1.82, 2.24) is 40.5 Å². The van der Waals surface area contributed by atoms with Crippen molar-refractivity contribution in [1.29, 1.82) is 0 Å². The SMILES string of the molecule is O=C1NCCCc2[nH]c3c(ccc4cnc(-c5cccnc5)cc43)c21.O=C1NCCCc2nc3c(ccc4c[nH]c(Cl)cc43)c21.OB(O)c1cccnc1. The van der Waals surface area contributed by atoms with Crippen LogP contribution in [0.4, 0.5) is 0 Å². The molecule has 2 aliphatic heterocycles. The molecule has 2 aromatic carbocycles. The van der Waals surface area contributed by atoms with Gasteiger partial charge in [0, 0.05) is 99.3 Å². The van der Waals surface area contributed by atoms with Gasteiger partial charge in [-0.25, -0.2) is 0 Å². The van der Waals surface area contributed by atoms with Gasteiger partial charge >= 0.3 is 7.12 Å². The Morgan fingerprint density at radius 3 is 2.22 bits per heavy atom. The first kappa shape index (κ1) is 34.9. The van der Waals surface area contributed by atoms with Crippen LogP contribution in [0.5, 0.6) is 0 Å². The Bertz CT molecular complexity index is 2670. The minimum absolute atomic E-state index is 0.0136. The van der Waals surface area contributed by atoms with E-state index in [0.717, 1.165) is 109 Å². The molecule has 0 saturated carbocycles. The maximum Gasteiger partial charge on any atom is 0.490 e. The zero-order valence-electron chi connectivity index (χ0n) is 28.9. The number of aryl methyl sites for hydroxylation is 2. The zero-order chi connectivity index (χ0) is 37.2. The van der Waals surface area contributed by atoms with Crippen LogP contribution in [-0.4, -0.2) is 72.0 Å². The summed E-state index contributed by atoms with van der Waals surface area (Å²) in [5.41, 5.74) is 7.57. The molecule has 8 aromatic rings. The maximum atomic E-state index is 12.5. The highest BCUT2D eigenvalue weighted by atomic mass is 35.5. The van der Waals surface area contributed by atoms with E-state index in [2.05, 4.69) is 41.6 Å². The second-order valence-corrected chi connectivity index (χ2v) is 13.5. The van der Waals surface area contributed by atoms with E-state index in [4.69, 9.17) is 26.6 Å². The third-order valence-electron chi connectivity index (χ3n) is 9.60. The maximum absolute atomic E-state index is 12.5. The molecule has 8 heterocycles. The summed E-state index contributed by atoms with van der Waals surface area (Å²) in [6.45, 7) is 1.44. The Hall–Kier alpha value is -6.15. The van der Waals surface area contributed by atoms with Gasteiger partial charge in [-0.2, -0.15) is 0 Å². The van der Waals surface area contributed by atoms with Crippen LogP contribution in [0.25, 0.3) is 54.6 Å². The minimum Gasteiger partial charge on any atom is -0.423 e. The van der Waals surface area contributed by atoms with Crippen molar-refractivity contribution in [3.05, 3.63) is 126 Å². The molecule has 12 nitrogen and oxygen atoms in total. The van der Waals surface area contributed by atoms with Crippen LogP contribution in [0.15, 0.2) is 97.8 Å². The van der Waals surface area contributed by atoms with Gasteiger partial charge in [-0.3, -0.25) is 29.5 Å². The standard InChI is InChI=1S/C20H16N4O.C15H12ClN3O.C5H6BNO2/c25-20-18-14-6-5-12-11-23-17(13-3-1-7-21-10-13)9-15(12)19(14)24-16(18)4-2-8-22-20;16-12-6-10-8(7-18-12)3-4-9-13-11(19-14(9)10)2-1-5-17-15(13)20;8-6(9)5-2-1-3-7-4-5/h1,3,5-7,9-11,24H,2,4,8H2,(H,22,25);3-4,6-7,18H,1-2,5H2,(H,17,20);1-4,8-9H. The van der Waals surface area contributed by atoms with Gasteiger partial charge in [-0.15, -0.1) is 0 Å². The van der Waals surface area contributed by atoms with Crippen LogP contribution >= 0.6 is 11.6 Å². The quantitative estimate of drug-likeness (QED) is 0.103. The summed E-state index contributed by atoms with van der Waals surface area (Å²) in [6, 6.07) is 19.1. The van der Waals surface area contributed by atoms with Crippen LogP contribution in [0.2, 0.25) is 5.15 Å². The molecule has 0 atom stereocenters. The molecule has 0 saturated heterocycles. The third kappa shape index (κ3) is 6.87. The van der Waals surface area contributed by atoms with Crippen LogP contribution in [0.3, 0.4) is 0 Å². The number of rotatable bonds is 2. The van der Waals surface area contributed by atoms with Gasteiger partial charge in [0.25, 0.3) is 11.8 Å². The van der Waals surface area contributed by atoms with E-state index in [1.54, 1.807) is 24.5 Å². The summed E-state index contributed by atoms with van der Waals surface area (Å²) in [4.78, 5) is 48.3. The first-order valence-electron chi connectivity index (χ1n) is 17.6. The molecule has 0 fully saturated rings. The van der Waals surface area contributed by atoms with E-state index in [1.807, 2.05) is 61.1 Å². The molecule has 0 unspecified atom stereocenters. The summed E-state index contributed by atoms with van der Waals surface area (Å²) in [5.74, 6) is -0.00687. The largest absolute Gasteiger partial charge is 0.490 e. The summed E-state index contributed by atoms with van der Waals surface area (Å²) in [6.07, 6.45) is 13.9. The molecule has 6 N–H and O–H groups in total. The van der Waals surface area contributed by atoms with E-state index >= 15 is 0 Å². The Balaban J connectivity index is 0.000000127. The van der Waals surface area contributed by atoms with Gasteiger partial charge in [-0.1, -0.05) is 41.9 Å². The highest BCUT2D eigenvalue weighted by Gasteiger charge is 2.24. The monoisotopic (exact) mass is 736 g/mol. The van der Waals surface area contributed by atoms with Crippen LogP contribution < -0.4 is 16.1 Å². The number of carbonyl (C=O) groups excluding carboxylic acids is 2. The minimum atomic E-state index is -1.40. The Morgan fingerprint density at radius 1 is 0.741 bits per heavy atom. The molecule has 10 rings (SSSR count). The van der Waals surface area contributed by atoms with Crippen molar-refractivity contribution in [2.45, 2.75) is 25.7 Å². The number of pyridine rings is 4. The molecule has 6 aromatic heterocycles. The topological polar surface area (TPSA) is 182 Å². The first-order valence-corrected chi connectivity index (χ1v) is 18.0. The van der Waals surface area contributed by atoms with Crippen molar-refractivity contribution < 1.29 is 19.6 Å². The summed E-state index contributed by atoms with van der Waals surface area (Å²) >= 11 is 6.04. The molecule has 2 aliphatic rings. The summed E-state index contributed by atoms with van der Waals surface area (Å²) in [7, 11) is -1.40. The average Bonchev–Trinajstić information content (AvgIpc) is 3.65. The normalized spacial score (nSPS) is 13.8. The van der Waals surface area contributed by atoms with Crippen molar-refractivity contribution in [2.75, 3.05) is 13.1 Å². The van der Waals surface area contributed by atoms with Gasteiger partial charge < -0.3 is 30.6 Å². The first-order chi connectivity index (χ1) is 26.4. The number of hydrogen-bond donors (Lipinski definition) is 6. The van der Waals surface area contributed by atoms with Gasteiger partial charge in [0.05, 0.1) is 33.5 Å². The number of halogens is 1. The molecule has 268 valence electrons. The van der Waals surface area contributed by atoms with E-state index < -0.39 is 7.12 Å². The lowest BCUT2D eigenvalue weighted by Gasteiger charge is -2.05. The summed E-state index contributed by atoms with van der Waals surface area (Å²) in [5, 5.41) is 29.6. The predicted molar refractivity (Wildman–Crippen MR) is 211 cm³/mol. The number of nitrogens with zero attached hydrogens (tertiary/aromatic N) is 4. The second kappa shape index (κ2) is 15.1. The number of amides is 2. The van der Waals surface area contributed by atoms with Gasteiger partial charge in [-0.05, 0) is 56.0 Å². The molecule has 14 heteroatoms. The van der Waals surface area contributed by atoms with E-state index in [-0.39, 0.29) is 11.8 Å². The summed E-state index contributed by atoms with van der Waals surface area (Å²) < 4.78 is 0. The number of benzene rings is 2.